The van der Waals surface area contributed by atoms with Gasteiger partial charge in [0.05, 0.1) is 36.3 Å². The van der Waals surface area contributed by atoms with Crippen LogP contribution in [0.25, 0.3) is 11.0 Å². The van der Waals surface area contributed by atoms with E-state index in [4.69, 9.17) is 9.47 Å². The molecule has 11 nitrogen and oxygen atoms in total. The maximum Gasteiger partial charge on any atom is 0.312 e. The largest absolute Gasteiger partial charge is 0.465 e. The number of aromatic nitrogens is 3. The Labute approximate surface area is 268 Å². The minimum Gasteiger partial charge on any atom is -0.465 e. The van der Waals surface area contributed by atoms with Crippen molar-refractivity contribution in [2.45, 2.75) is 69.0 Å². The van der Waals surface area contributed by atoms with Crippen molar-refractivity contribution in [1.29, 1.82) is 0 Å². The van der Waals surface area contributed by atoms with Gasteiger partial charge in [0.2, 0.25) is 11.8 Å². The monoisotopic (exact) mass is 627 g/mol. The van der Waals surface area contributed by atoms with Gasteiger partial charge in [-0.2, -0.15) is 0 Å². The average Bonchev–Trinajstić information content (AvgIpc) is 3.77. The maximum absolute atomic E-state index is 14.9. The first-order valence-corrected chi connectivity index (χ1v) is 15.9. The third-order valence-electron chi connectivity index (χ3n) is 9.83. The van der Waals surface area contributed by atoms with Crippen LogP contribution in [0.5, 0.6) is 0 Å². The van der Waals surface area contributed by atoms with Gasteiger partial charge in [0.25, 0.3) is 0 Å². The Balaban J connectivity index is 1.39. The van der Waals surface area contributed by atoms with Crippen LogP contribution in [-0.4, -0.2) is 84.7 Å². The molecule has 0 saturated carbocycles. The predicted molar refractivity (Wildman–Crippen MR) is 170 cm³/mol. The van der Waals surface area contributed by atoms with Gasteiger partial charge in [-0.1, -0.05) is 59.8 Å². The lowest BCUT2D eigenvalue weighted by Crippen LogP contribution is -2.57. The summed E-state index contributed by atoms with van der Waals surface area (Å²) in [6, 6.07) is 14.6. The Bertz CT molecular complexity index is 1630. The molecule has 0 radical (unpaired) electrons. The molecule has 2 unspecified atom stereocenters. The molecule has 2 bridgehead atoms. The Morgan fingerprint density at radius 1 is 1.13 bits per heavy atom. The number of allylic oxidation sites excluding steroid dienone is 1. The highest BCUT2D eigenvalue weighted by Gasteiger charge is 2.79. The summed E-state index contributed by atoms with van der Waals surface area (Å²) in [6.45, 7) is 9.47. The minimum absolute atomic E-state index is 0.0488. The van der Waals surface area contributed by atoms with Crippen LogP contribution < -0.4 is 0 Å². The van der Waals surface area contributed by atoms with E-state index in [1.54, 1.807) is 15.7 Å². The molecule has 1 N–H and O–H groups in total. The molecule has 2 amide bonds. The fourth-order valence-electron chi connectivity index (χ4n) is 7.75. The number of benzene rings is 2. The lowest BCUT2D eigenvalue weighted by Gasteiger charge is -2.39. The number of ether oxygens (including phenoxy) is 2. The van der Waals surface area contributed by atoms with Crippen LogP contribution in [0.2, 0.25) is 0 Å². The summed E-state index contributed by atoms with van der Waals surface area (Å²) in [4.78, 5) is 46.4. The number of carbonyl (C=O) groups is 3. The van der Waals surface area contributed by atoms with Crippen molar-refractivity contribution in [2.75, 3.05) is 19.8 Å². The van der Waals surface area contributed by atoms with Crippen molar-refractivity contribution in [3.05, 3.63) is 85.5 Å². The summed E-state index contributed by atoms with van der Waals surface area (Å²) in [5.74, 6) is -3.12. The average molecular weight is 628 g/mol. The van der Waals surface area contributed by atoms with E-state index in [0.717, 1.165) is 18.4 Å². The Morgan fingerprint density at radius 3 is 2.63 bits per heavy atom. The molecule has 46 heavy (non-hydrogen) atoms. The third-order valence-corrected chi connectivity index (χ3v) is 9.83. The first-order valence-electron chi connectivity index (χ1n) is 15.9. The molecule has 1 aromatic heterocycles. The highest BCUT2D eigenvalue weighted by atomic mass is 16.6. The van der Waals surface area contributed by atoms with Crippen molar-refractivity contribution in [3.63, 3.8) is 0 Å². The lowest BCUT2D eigenvalue weighted by molar-refractivity contribution is -0.162. The van der Waals surface area contributed by atoms with Gasteiger partial charge in [-0.25, -0.2) is 4.68 Å². The van der Waals surface area contributed by atoms with Gasteiger partial charge < -0.3 is 24.4 Å². The molecular weight excluding hydrogens is 586 g/mol. The predicted octanol–water partition coefficient (Wildman–Crippen LogP) is 3.80. The smallest absolute Gasteiger partial charge is 0.312 e. The number of carbonyl (C=O) groups excluding carboxylic acids is 3. The van der Waals surface area contributed by atoms with Crippen LogP contribution in [0.4, 0.5) is 0 Å². The molecule has 3 saturated heterocycles. The molecule has 3 fully saturated rings. The number of para-hydroxylation sites is 1. The van der Waals surface area contributed by atoms with E-state index in [2.05, 4.69) is 23.5 Å². The van der Waals surface area contributed by atoms with Crippen molar-refractivity contribution < 1.29 is 29.0 Å². The summed E-state index contributed by atoms with van der Waals surface area (Å²) >= 11 is 0. The zero-order valence-electron chi connectivity index (χ0n) is 26.2. The molecule has 3 aliphatic heterocycles. The number of nitrogens with zero attached hydrogens (tertiary/aromatic N) is 5. The number of likely N-dealkylation sites (tertiary alicyclic amines) is 1. The van der Waals surface area contributed by atoms with Gasteiger partial charge in [-0.15, -0.1) is 18.3 Å². The van der Waals surface area contributed by atoms with Crippen LogP contribution in [0.3, 0.4) is 0 Å². The van der Waals surface area contributed by atoms with E-state index in [1.165, 1.54) is 4.90 Å². The van der Waals surface area contributed by atoms with Crippen LogP contribution >= 0.6 is 0 Å². The number of unbranched alkanes of at least 4 members (excludes halogenated alkanes) is 2. The number of rotatable bonds is 14. The zero-order valence-corrected chi connectivity index (χ0v) is 26.2. The summed E-state index contributed by atoms with van der Waals surface area (Å²) < 4.78 is 14.2. The fourth-order valence-corrected chi connectivity index (χ4v) is 7.75. The van der Waals surface area contributed by atoms with Gasteiger partial charge in [0, 0.05) is 6.54 Å². The van der Waals surface area contributed by atoms with E-state index in [1.807, 2.05) is 67.6 Å². The van der Waals surface area contributed by atoms with Crippen LogP contribution in [0.1, 0.15) is 50.6 Å². The molecule has 3 aliphatic rings. The van der Waals surface area contributed by atoms with E-state index in [-0.39, 0.29) is 25.7 Å². The highest BCUT2D eigenvalue weighted by Crippen LogP contribution is 2.64. The fraction of sp³-hybridized carbons (Fsp3) is 0.457. The second-order valence-corrected chi connectivity index (χ2v) is 12.6. The van der Waals surface area contributed by atoms with Crippen molar-refractivity contribution in [3.8, 4) is 0 Å². The van der Waals surface area contributed by atoms with E-state index in [9.17, 15) is 19.5 Å². The van der Waals surface area contributed by atoms with Gasteiger partial charge in [-0.3, -0.25) is 14.4 Å². The number of esters is 1. The molecule has 1 spiro atoms. The summed E-state index contributed by atoms with van der Waals surface area (Å²) in [5.41, 5.74) is -0.158. The number of amides is 2. The maximum atomic E-state index is 14.9. The molecule has 11 heteroatoms. The number of hydrogen-bond donors (Lipinski definition) is 1. The van der Waals surface area contributed by atoms with Gasteiger partial charge in [0.15, 0.2) is 0 Å². The summed E-state index contributed by atoms with van der Waals surface area (Å²) in [6.07, 6.45) is 6.65. The molecule has 6 atom stereocenters. The van der Waals surface area contributed by atoms with E-state index < -0.39 is 53.6 Å². The van der Waals surface area contributed by atoms with Gasteiger partial charge in [0.1, 0.15) is 29.7 Å². The zero-order chi connectivity index (χ0) is 32.5. The second kappa shape index (κ2) is 12.8. The molecular formula is C35H41N5O6. The van der Waals surface area contributed by atoms with Crippen molar-refractivity contribution in [1.82, 2.24) is 24.8 Å². The topological polar surface area (TPSA) is 127 Å². The Kier molecular flexibility index (Phi) is 8.80. The molecule has 0 aliphatic carbocycles. The Hall–Kier alpha value is -4.35. The number of aliphatic hydroxyl groups excluding tert-OH is 1. The molecule has 242 valence electrons. The molecule has 6 rings (SSSR count). The lowest BCUT2D eigenvalue weighted by atomic mass is 9.66. The SMILES string of the molecule is C=CCCCCOC(=O)[C@H]1[C@H]2C(=O)N([C@H](CO)c3ccccc3)C(C(=O)N(CC=C)Cn3nnc4ccccc43)C23CC[C@]1(C)O3. The van der Waals surface area contributed by atoms with Crippen LogP contribution in [0.15, 0.2) is 79.9 Å². The first-order chi connectivity index (χ1) is 22.3. The third kappa shape index (κ3) is 5.21. The summed E-state index contributed by atoms with van der Waals surface area (Å²) in [7, 11) is 0. The second-order valence-electron chi connectivity index (χ2n) is 12.6. The standard InChI is InChI=1S/C35H41N5O6/c1-4-6-7-13-21-45-33(44)29-28-31(42)40(27(22-41)24-14-9-8-10-15-24)30(35(28)19-18-34(29,3)46-35)32(43)38(20-5-2)23-39-26-17-12-11-16-25(26)36-37-39/h4-5,8-12,14-17,27-30,41H,1-2,6-7,13,18-23H2,3H3/t27-,28+,29-,30?,34+,35?/m1/s1. The van der Waals surface area contributed by atoms with Crippen LogP contribution in [-0.2, 0) is 30.5 Å². The summed E-state index contributed by atoms with van der Waals surface area (Å²) in [5, 5.41) is 19.3. The molecule has 3 aromatic rings. The van der Waals surface area contributed by atoms with Crippen molar-refractivity contribution in [2.24, 2.45) is 11.8 Å². The van der Waals surface area contributed by atoms with Crippen LogP contribution in [0, 0.1) is 11.8 Å². The quantitative estimate of drug-likeness (QED) is 0.163. The first kappa shape index (κ1) is 31.6. The normalized spacial score (nSPS) is 27.0. The van der Waals surface area contributed by atoms with E-state index in [0.29, 0.717) is 30.3 Å². The number of fused-ring (bicyclic) bond motifs is 2. The van der Waals surface area contributed by atoms with Crippen molar-refractivity contribution >= 4 is 28.8 Å². The number of hydrogen-bond acceptors (Lipinski definition) is 8. The Morgan fingerprint density at radius 2 is 1.89 bits per heavy atom. The molecule has 4 heterocycles. The van der Waals surface area contributed by atoms with E-state index >= 15 is 0 Å². The number of aliphatic hydroxyl groups is 1. The van der Waals surface area contributed by atoms with Gasteiger partial charge >= 0.3 is 5.97 Å². The minimum atomic E-state index is -1.29. The molecule has 2 aromatic carbocycles. The highest BCUT2D eigenvalue weighted by molar-refractivity contribution is 5.98. The van der Waals surface area contributed by atoms with Gasteiger partial charge in [-0.05, 0) is 56.7 Å².